The van der Waals surface area contributed by atoms with Gasteiger partial charge in [-0.3, -0.25) is 4.79 Å². The lowest BCUT2D eigenvalue weighted by Crippen LogP contribution is -2.42. The van der Waals surface area contributed by atoms with E-state index >= 15 is 0 Å². The zero-order valence-corrected chi connectivity index (χ0v) is 20.5. The van der Waals surface area contributed by atoms with Crippen molar-refractivity contribution in [2.24, 2.45) is 11.8 Å². The van der Waals surface area contributed by atoms with Crippen molar-refractivity contribution in [3.63, 3.8) is 0 Å². The average molecular weight is 446 g/mol. The number of carbonyl (C=O) groups is 1. The van der Waals surface area contributed by atoms with Crippen molar-refractivity contribution in [3.8, 4) is 11.5 Å². The molecule has 0 radical (unpaired) electrons. The molecule has 3 unspecified atom stereocenters. The van der Waals surface area contributed by atoms with E-state index in [9.17, 15) is 9.90 Å². The summed E-state index contributed by atoms with van der Waals surface area (Å²) < 4.78 is 11.8. The van der Waals surface area contributed by atoms with E-state index in [0.29, 0.717) is 19.0 Å². The van der Waals surface area contributed by atoms with Gasteiger partial charge in [-0.2, -0.15) is 0 Å². The van der Waals surface area contributed by atoms with Crippen LogP contribution in [0.3, 0.4) is 0 Å². The van der Waals surface area contributed by atoms with Crippen LogP contribution in [0.15, 0.2) is 18.2 Å². The third-order valence-corrected chi connectivity index (χ3v) is 7.49. The van der Waals surface area contributed by atoms with Crippen LogP contribution in [0.1, 0.15) is 90.0 Å². The first-order valence-electron chi connectivity index (χ1n) is 12.9. The van der Waals surface area contributed by atoms with Gasteiger partial charge in [0, 0.05) is 19.0 Å². The number of aliphatic hydroxyl groups excluding tert-OH is 1. The second-order valence-electron chi connectivity index (χ2n) is 9.60. The topological polar surface area (TPSA) is 59.0 Å². The van der Waals surface area contributed by atoms with E-state index in [0.717, 1.165) is 50.0 Å². The largest absolute Gasteiger partial charge is 0.493 e. The Hall–Kier alpha value is -1.75. The highest BCUT2D eigenvalue weighted by atomic mass is 16.5. The Kier molecular flexibility index (Phi) is 9.27. The molecule has 5 heteroatoms. The monoisotopic (exact) mass is 445 g/mol. The van der Waals surface area contributed by atoms with Gasteiger partial charge in [0.25, 0.3) is 5.91 Å². The fourth-order valence-corrected chi connectivity index (χ4v) is 5.62. The fourth-order valence-electron chi connectivity index (χ4n) is 5.62. The lowest BCUT2D eigenvalue weighted by Gasteiger charge is -2.29. The Morgan fingerprint density at radius 1 is 1.00 bits per heavy atom. The summed E-state index contributed by atoms with van der Waals surface area (Å²) in [5.74, 6) is 2.25. The van der Waals surface area contributed by atoms with Gasteiger partial charge in [0.05, 0.1) is 13.2 Å². The van der Waals surface area contributed by atoms with Crippen molar-refractivity contribution in [1.82, 2.24) is 4.90 Å². The smallest absolute Gasteiger partial charge is 0.251 e. The molecule has 3 atom stereocenters. The number of hydrogen-bond acceptors (Lipinski definition) is 4. The van der Waals surface area contributed by atoms with Crippen molar-refractivity contribution in [3.05, 3.63) is 23.8 Å². The molecular weight excluding hydrogens is 402 g/mol. The third-order valence-electron chi connectivity index (χ3n) is 7.49. The molecule has 0 bridgehead atoms. The number of amides is 1. The second-order valence-corrected chi connectivity index (χ2v) is 9.60. The van der Waals surface area contributed by atoms with Gasteiger partial charge < -0.3 is 19.5 Å². The summed E-state index contributed by atoms with van der Waals surface area (Å²) in [6, 6.07) is 6.21. The Bertz CT molecular complexity index is 724. The molecule has 2 saturated carbocycles. The highest BCUT2D eigenvalue weighted by molar-refractivity contribution is 5.81. The summed E-state index contributed by atoms with van der Waals surface area (Å²) in [5, 5.41) is 10.7. The summed E-state index contributed by atoms with van der Waals surface area (Å²) >= 11 is 0. The molecule has 0 aromatic heterocycles. The van der Waals surface area contributed by atoms with E-state index < -0.39 is 6.10 Å². The zero-order chi connectivity index (χ0) is 23.1. The molecule has 2 aliphatic carbocycles. The van der Waals surface area contributed by atoms with E-state index in [4.69, 9.17) is 9.47 Å². The minimum atomic E-state index is -0.839. The normalized spacial score (nSPS) is 25.2. The predicted molar refractivity (Wildman–Crippen MR) is 128 cm³/mol. The van der Waals surface area contributed by atoms with Crippen molar-refractivity contribution in [2.45, 2.75) is 96.7 Å². The van der Waals surface area contributed by atoms with E-state index in [2.05, 4.69) is 19.1 Å². The first-order chi connectivity index (χ1) is 15.6. The van der Waals surface area contributed by atoms with E-state index in [1.165, 1.54) is 24.8 Å². The SMILES string of the molecule is CC.COc1ccc(C2CN(C(=O)C(O)C3CCCCC3)CC2C)cc1OC1CCCC1. The molecule has 3 fully saturated rings. The molecule has 4 rings (SSSR count). The molecule has 1 amide bonds. The van der Waals surface area contributed by atoms with Crippen molar-refractivity contribution >= 4 is 5.91 Å². The van der Waals surface area contributed by atoms with Crippen LogP contribution in [-0.4, -0.2) is 48.3 Å². The first-order valence-corrected chi connectivity index (χ1v) is 12.9. The maximum Gasteiger partial charge on any atom is 0.251 e. The predicted octanol–water partition coefficient (Wildman–Crippen LogP) is 5.55. The van der Waals surface area contributed by atoms with Gasteiger partial charge >= 0.3 is 0 Å². The van der Waals surface area contributed by atoms with E-state index in [-0.39, 0.29) is 23.8 Å². The number of rotatable bonds is 6. The fraction of sp³-hybridized carbons (Fsp3) is 0.741. The minimum Gasteiger partial charge on any atom is -0.493 e. The van der Waals surface area contributed by atoms with Crippen molar-refractivity contribution in [2.75, 3.05) is 20.2 Å². The zero-order valence-electron chi connectivity index (χ0n) is 20.5. The molecule has 180 valence electrons. The van der Waals surface area contributed by atoms with Gasteiger partial charge in [0.2, 0.25) is 0 Å². The maximum absolute atomic E-state index is 13.0. The van der Waals surface area contributed by atoms with Crippen LogP contribution in [0.2, 0.25) is 0 Å². The lowest BCUT2D eigenvalue weighted by atomic mass is 9.85. The summed E-state index contributed by atoms with van der Waals surface area (Å²) in [6.45, 7) is 7.57. The summed E-state index contributed by atoms with van der Waals surface area (Å²) in [4.78, 5) is 14.9. The van der Waals surface area contributed by atoms with E-state index in [1.54, 1.807) is 7.11 Å². The van der Waals surface area contributed by atoms with Gasteiger partial charge in [-0.15, -0.1) is 0 Å². The van der Waals surface area contributed by atoms with Crippen LogP contribution in [0.5, 0.6) is 11.5 Å². The summed E-state index contributed by atoms with van der Waals surface area (Å²) in [6.07, 6.45) is 9.53. The van der Waals surface area contributed by atoms with Gasteiger partial charge in [-0.25, -0.2) is 0 Å². The maximum atomic E-state index is 13.0. The Balaban J connectivity index is 0.00000141. The van der Waals surface area contributed by atoms with Crippen LogP contribution < -0.4 is 9.47 Å². The number of likely N-dealkylation sites (tertiary alicyclic amines) is 1. The molecular formula is C27H43NO4. The molecule has 1 N–H and O–H groups in total. The minimum absolute atomic E-state index is 0.0767. The summed E-state index contributed by atoms with van der Waals surface area (Å²) in [5.41, 5.74) is 1.19. The molecule has 5 nitrogen and oxygen atoms in total. The quantitative estimate of drug-likeness (QED) is 0.624. The molecule has 1 aromatic carbocycles. The number of aliphatic hydroxyl groups is 1. The van der Waals surface area contributed by atoms with Gasteiger partial charge in [0.15, 0.2) is 11.5 Å². The van der Waals surface area contributed by atoms with Crippen molar-refractivity contribution < 1.29 is 19.4 Å². The molecule has 3 aliphatic rings. The van der Waals surface area contributed by atoms with E-state index in [1.807, 2.05) is 24.8 Å². The Morgan fingerprint density at radius 3 is 2.31 bits per heavy atom. The highest BCUT2D eigenvalue weighted by Gasteiger charge is 2.38. The van der Waals surface area contributed by atoms with Crippen LogP contribution in [0.25, 0.3) is 0 Å². The Morgan fingerprint density at radius 2 is 1.66 bits per heavy atom. The average Bonchev–Trinajstić information content (AvgIpc) is 3.49. The van der Waals surface area contributed by atoms with Crippen molar-refractivity contribution in [1.29, 1.82) is 0 Å². The molecule has 32 heavy (non-hydrogen) atoms. The van der Waals surface area contributed by atoms with Gasteiger partial charge in [-0.1, -0.05) is 46.1 Å². The van der Waals surface area contributed by atoms with Crippen LogP contribution >= 0.6 is 0 Å². The lowest BCUT2D eigenvalue weighted by molar-refractivity contribution is -0.142. The molecule has 0 spiro atoms. The number of benzene rings is 1. The molecule has 1 aromatic rings. The first kappa shape index (κ1) is 24.9. The number of nitrogens with zero attached hydrogens (tertiary/aromatic N) is 1. The molecule has 1 saturated heterocycles. The number of carbonyl (C=O) groups excluding carboxylic acids is 1. The summed E-state index contributed by atoms with van der Waals surface area (Å²) in [7, 11) is 1.68. The van der Waals surface area contributed by atoms with Gasteiger partial charge in [0.1, 0.15) is 6.10 Å². The third kappa shape index (κ3) is 5.78. The van der Waals surface area contributed by atoms with Crippen LogP contribution in [0, 0.1) is 11.8 Å². The van der Waals surface area contributed by atoms with Crippen LogP contribution in [0.4, 0.5) is 0 Å². The molecule has 1 heterocycles. The highest BCUT2D eigenvalue weighted by Crippen LogP contribution is 2.39. The standard InChI is InChI=1S/C25H37NO4.C2H6/c1-17-15-26(25(28)24(27)18-8-4-3-5-9-18)16-21(17)19-12-13-22(29-2)23(14-19)30-20-10-6-7-11-20;1-2/h12-14,17-18,20-21,24,27H,3-11,15-16H2,1-2H3;1-2H3. The number of methoxy groups -OCH3 is 1. The number of ether oxygens (including phenoxy) is 2. The van der Waals surface area contributed by atoms with Crippen LogP contribution in [-0.2, 0) is 4.79 Å². The van der Waals surface area contributed by atoms with Gasteiger partial charge in [-0.05, 0) is 68.1 Å². The second kappa shape index (κ2) is 11.9. The Labute approximate surface area is 194 Å². The number of hydrogen-bond donors (Lipinski definition) is 1. The molecule has 1 aliphatic heterocycles.